The number of ether oxygens (including phenoxy) is 1. The molecule has 0 aliphatic carbocycles. The van der Waals surface area contributed by atoms with Crippen molar-refractivity contribution >= 4 is 5.91 Å². The summed E-state index contributed by atoms with van der Waals surface area (Å²) in [5, 5.41) is 2.98. The van der Waals surface area contributed by atoms with Crippen LogP contribution >= 0.6 is 0 Å². The Kier molecular flexibility index (Phi) is 5.21. The first-order chi connectivity index (χ1) is 10.5. The van der Waals surface area contributed by atoms with E-state index in [9.17, 15) is 4.79 Å². The van der Waals surface area contributed by atoms with Crippen LogP contribution in [-0.2, 0) is 0 Å². The van der Waals surface area contributed by atoms with Crippen LogP contribution in [0.1, 0.15) is 34.0 Å². The molecule has 0 aliphatic rings. The number of aryl methyl sites for hydroxylation is 3. The van der Waals surface area contributed by atoms with Crippen molar-refractivity contribution < 1.29 is 9.53 Å². The third kappa shape index (κ3) is 4.10. The van der Waals surface area contributed by atoms with Gasteiger partial charge in [-0.1, -0.05) is 35.9 Å². The van der Waals surface area contributed by atoms with Crippen LogP contribution in [0.2, 0.25) is 0 Å². The van der Waals surface area contributed by atoms with Gasteiger partial charge in [0, 0.05) is 5.56 Å². The number of benzene rings is 2. The molecule has 0 aliphatic heterocycles. The van der Waals surface area contributed by atoms with Crippen molar-refractivity contribution in [2.75, 3.05) is 6.61 Å². The molecule has 0 fully saturated rings. The van der Waals surface area contributed by atoms with E-state index in [4.69, 9.17) is 4.74 Å². The number of hydrogen-bond donors (Lipinski definition) is 1. The van der Waals surface area contributed by atoms with Crippen LogP contribution < -0.4 is 10.1 Å². The van der Waals surface area contributed by atoms with E-state index >= 15 is 0 Å². The second-order valence-corrected chi connectivity index (χ2v) is 5.77. The third-order valence-corrected chi connectivity index (χ3v) is 3.59. The summed E-state index contributed by atoms with van der Waals surface area (Å²) < 4.78 is 5.77. The quantitative estimate of drug-likeness (QED) is 0.911. The van der Waals surface area contributed by atoms with Crippen LogP contribution in [0.4, 0.5) is 0 Å². The van der Waals surface area contributed by atoms with E-state index < -0.39 is 0 Å². The molecule has 0 heterocycles. The first-order valence-electron chi connectivity index (χ1n) is 7.54. The Labute approximate surface area is 132 Å². The molecule has 0 unspecified atom stereocenters. The molecule has 2 aromatic rings. The van der Waals surface area contributed by atoms with Gasteiger partial charge >= 0.3 is 0 Å². The summed E-state index contributed by atoms with van der Waals surface area (Å²) in [6.07, 6.45) is 0. The Hall–Kier alpha value is -2.29. The largest absolute Gasteiger partial charge is 0.491 e. The molecule has 0 aromatic heterocycles. The second-order valence-electron chi connectivity index (χ2n) is 5.77. The molecular formula is C19H23NO2. The predicted octanol–water partition coefficient (Wildman–Crippen LogP) is 3.81. The van der Waals surface area contributed by atoms with E-state index in [1.54, 1.807) is 0 Å². The average molecular weight is 297 g/mol. The molecule has 0 spiro atoms. The second kappa shape index (κ2) is 7.12. The topological polar surface area (TPSA) is 38.3 Å². The van der Waals surface area contributed by atoms with Gasteiger partial charge in [-0.25, -0.2) is 0 Å². The number of para-hydroxylation sites is 1. The summed E-state index contributed by atoms with van der Waals surface area (Å²) >= 11 is 0. The number of amides is 1. The monoisotopic (exact) mass is 297 g/mol. The minimum atomic E-state index is -0.0622. The summed E-state index contributed by atoms with van der Waals surface area (Å²) in [5.41, 5.74) is 3.96. The lowest BCUT2D eigenvalue weighted by molar-refractivity contribution is 0.0926. The molecule has 0 saturated carbocycles. The van der Waals surface area contributed by atoms with Crippen molar-refractivity contribution in [2.24, 2.45) is 0 Å². The van der Waals surface area contributed by atoms with E-state index in [0.717, 1.165) is 22.4 Å². The van der Waals surface area contributed by atoms with Gasteiger partial charge in [0.1, 0.15) is 12.4 Å². The average Bonchev–Trinajstić information content (AvgIpc) is 2.46. The number of rotatable bonds is 5. The highest BCUT2D eigenvalue weighted by molar-refractivity contribution is 5.95. The Morgan fingerprint density at radius 2 is 1.82 bits per heavy atom. The van der Waals surface area contributed by atoms with Crippen LogP contribution in [0.3, 0.4) is 0 Å². The first kappa shape index (κ1) is 16.1. The van der Waals surface area contributed by atoms with Gasteiger partial charge in [-0.15, -0.1) is 0 Å². The van der Waals surface area contributed by atoms with Gasteiger partial charge in [-0.3, -0.25) is 4.79 Å². The minimum Gasteiger partial charge on any atom is -0.491 e. The Morgan fingerprint density at radius 3 is 2.50 bits per heavy atom. The van der Waals surface area contributed by atoms with Gasteiger partial charge < -0.3 is 10.1 Å². The molecule has 3 heteroatoms. The first-order valence-corrected chi connectivity index (χ1v) is 7.54. The molecule has 1 atom stereocenters. The van der Waals surface area contributed by atoms with E-state index in [1.165, 1.54) is 0 Å². The summed E-state index contributed by atoms with van der Waals surface area (Å²) in [4.78, 5) is 12.3. The maximum atomic E-state index is 12.3. The van der Waals surface area contributed by atoms with Crippen LogP contribution in [0.25, 0.3) is 0 Å². The molecular weight excluding hydrogens is 274 g/mol. The molecule has 0 saturated heterocycles. The van der Waals surface area contributed by atoms with Gasteiger partial charge in [0.2, 0.25) is 0 Å². The van der Waals surface area contributed by atoms with E-state index in [-0.39, 0.29) is 11.9 Å². The number of nitrogens with one attached hydrogen (secondary N) is 1. The van der Waals surface area contributed by atoms with Gasteiger partial charge in [0.25, 0.3) is 5.91 Å². The molecule has 0 radical (unpaired) electrons. The molecule has 2 rings (SSSR count). The highest BCUT2D eigenvalue weighted by Gasteiger charge is 2.12. The standard InChI is InChI=1S/C19H23NO2/c1-13-9-10-17(15(3)11-13)19(21)20-16(4)12-22-18-8-6-5-7-14(18)2/h5-11,16H,12H2,1-4H3,(H,20,21)/t16-/m0/s1. The fraction of sp³-hybridized carbons (Fsp3) is 0.316. The fourth-order valence-corrected chi connectivity index (χ4v) is 2.34. The van der Waals surface area contributed by atoms with Gasteiger partial charge in [0.05, 0.1) is 6.04 Å². The number of carbonyl (C=O) groups is 1. The maximum Gasteiger partial charge on any atom is 0.251 e. The lowest BCUT2D eigenvalue weighted by Gasteiger charge is -2.17. The van der Waals surface area contributed by atoms with Gasteiger partial charge in [-0.2, -0.15) is 0 Å². The van der Waals surface area contributed by atoms with Crippen molar-refractivity contribution in [1.29, 1.82) is 0 Å². The van der Waals surface area contributed by atoms with E-state index in [2.05, 4.69) is 5.32 Å². The van der Waals surface area contributed by atoms with Crippen molar-refractivity contribution in [3.63, 3.8) is 0 Å². The summed E-state index contributed by atoms with van der Waals surface area (Å²) in [5.74, 6) is 0.800. The summed E-state index contributed by atoms with van der Waals surface area (Å²) in [6.45, 7) is 8.37. The molecule has 1 amide bonds. The lowest BCUT2D eigenvalue weighted by atomic mass is 10.1. The SMILES string of the molecule is Cc1ccc(C(=O)N[C@@H](C)COc2ccccc2C)c(C)c1. The number of carbonyl (C=O) groups excluding carboxylic acids is 1. The van der Waals surface area contributed by atoms with Crippen LogP contribution in [0.5, 0.6) is 5.75 Å². The van der Waals surface area contributed by atoms with Crippen molar-refractivity contribution in [3.8, 4) is 5.75 Å². The lowest BCUT2D eigenvalue weighted by Crippen LogP contribution is -2.37. The zero-order valence-corrected chi connectivity index (χ0v) is 13.6. The normalized spacial score (nSPS) is 11.8. The van der Waals surface area contributed by atoms with Crippen LogP contribution in [0, 0.1) is 20.8 Å². The van der Waals surface area contributed by atoms with Crippen LogP contribution in [0.15, 0.2) is 42.5 Å². The maximum absolute atomic E-state index is 12.3. The third-order valence-electron chi connectivity index (χ3n) is 3.59. The minimum absolute atomic E-state index is 0.0571. The molecule has 1 N–H and O–H groups in total. The van der Waals surface area contributed by atoms with E-state index in [1.807, 2.05) is 70.2 Å². The zero-order valence-electron chi connectivity index (χ0n) is 13.6. The smallest absolute Gasteiger partial charge is 0.251 e. The highest BCUT2D eigenvalue weighted by Crippen LogP contribution is 2.16. The molecule has 22 heavy (non-hydrogen) atoms. The molecule has 116 valence electrons. The van der Waals surface area contributed by atoms with Crippen LogP contribution in [-0.4, -0.2) is 18.6 Å². The predicted molar refractivity (Wildman–Crippen MR) is 89.5 cm³/mol. The van der Waals surface area contributed by atoms with Gasteiger partial charge in [0.15, 0.2) is 0 Å². The van der Waals surface area contributed by atoms with Crippen molar-refractivity contribution in [2.45, 2.75) is 33.7 Å². The van der Waals surface area contributed by atoms with E-state index in [0.29, 0.717) is 12.2 Å². The van der Waals surface area contributed by atoms with Gasteiger partial charge in [-0.05, 0) is 51.0 Å². The summed E-state index contributed by atoms with van der Waals surface area (Å²) in [7, 11) is 0. The summed E-state index contributed by atoms with van der Waals surface area (Å²) in [6, 6.07) is 13.7. The molecule has 2 aromatic carbocycles. The zero-order chi connectivity index (χ0) is 16.1. The highest BCUT2D eigenvalue weighted by atomic mass is 16.5. The Bertz CT molecular complexity index is 664. The van der Waals surface area contributed by atoms with Crippen molar-refractivity contribution in [3.05, 3.63) is 64.7 Å². The fourth-order valence-electron chi connectivity index (χ4n) is 2.34. The van der Waals surface area contributed by atoms with Crippen molar-refractivity contribution in [1.82, 2.24) is 5.32 Å². The Morgan fingerprint density at radius 1 is 1.09 bits per heavy atom. The molecule has 0 bridgehead atoms. The number of hydrogen-bond acceptors (Lipinski definition) is 2. The molecule has 3 nitrogen and oxygen atoms in total. The Balaban J connectivity index is 1.93.